The monoisotopic (exact) mass is 1050 g/mol. The fourth-order valence-corrected chi connectivity index (χ4v) is 15.5. The Kier molecular flexibility index (Phi) is 17.1. The predicted molar refractivity (Wildman–Crippen MR) is 249 cm³/mol. The molecule has 0 unspecified atom stereocenters. The van der Waals surface area contributed by atoms with Gasteiger partial charge in [-0.15, -0.1) is 0 Å². The van der Waals surface area contributed by atoms with Gasteiger partial charge in [0.05, 0.1) is 44.2 Å². The summed E-state index contributed by atoms with van der Waals surface area (Å²) in [6, 6.07) is 0. The van der Waals surface area contributed by atoms with E-state index in [9.17, 15) is 66.4 Å². The third kappa shape index (κ3) is 10.2. The first-order valence-electron chi connectivity index (χ1n) is 27.1. The summed E-state index contributed by atoms with van der Waals surface area (Å²) in [5.74, 6) is 0.300. The molecule has 0 aromatic carbocycles. The number of aliphatic hydroxyl groups is 13. The van der Waals surface area contributed by atoms with Crippen LogP contribution in [-0.4, -0.2) is 227 Å². The van der Waals surface area contributed by atoms with Crippen LogP contribution in [-0.2, 0) is 42.6 Å². The van der Waals surface area contributed by atoms with Crippen molar-refractivity contribution in [2.45, 2.75) is 247 Å². The summed E-state index contributed by atoms with van der Waals surface area (Å²) in [6.07, 6.45) is -21.1. The molecule has 0 bridgehead atoms. The minimum atomic E-state index is -1.74. The summed E-state index contributed by atoms with van der Waals surface area (Å²) in [7, 11) is 0. The summed E-state index contributed by atoms with van der Waals surface area (Å²) >= 11 is 0. The van der Waals surface area contributed by atoms with Crippen LogP contribution in [0, 0.1) is 52.3 Å². The van der Waals surface area contributed by atoms with Gasteiger partial charge in [-0.05, 0) is 118 Å². The summed E-state index contributed by atoms with van der Waals surface area (Å²) in [5.41, 5.74) is -0.0281. The first-order chi connectivity index (χ1) is 34.5. The lowest BCUT2D eigenvalue weighted by atomic mass is 9.44. The Bertz CT molecular complexity index is 1840. The summed E-state index contributed by atoms with van der Waals surface area (Å²) in [4.78, 5) is 0. The predicted octanol–water partition coefficient (Wildman–Crippen LogP) is -1.90. The molecule has 22 heteroatoms. The van der Waals surface area contributed by atoms with Crippen molar-refractivity contribution in [3.05, 3.63) is 0 Å². The quantitative estimate of drug-likeness (QED) is 0.0845. The van der Waals surface area contributed by atoms with Crippen LogP contribution in [0.15, 0.2) is 0 Å². The Morgan fingerprint density at radius 3 is 1.77 bits per heavy atom. The molecule has 5 heterocycles. The smallest absolute Gasteiger partial charge is 0.187 e. The van der Waals surface area contributed by atoms with Crippen LogP contribution < -0.4 is 0 Å². The number of ether oxygens (including phenoxy) is 9. The molecule has 4 saturated carbocycles. The van der Waals surface area contributed by atoms with Crippen molar-refractivity contribution >= 4 is 0 Å². The highest BCUT2D eigenvalue weighted by atomic mass is 16.8. The molecule has 9 aliphatic rings. The fourth-order valence-electron chi connectivity index (χ4n) is 15.5. The lowest BCUT2D eigenvalue weighted by molar-refractivity contribution is -0.389. The molecule has 0 spiro atoms. The Morgan fingerprint density at radius 1 is 0.562 bits per heavy atom. The molecule has 9 fully saturated rings. The summed E-state index contributed by atoms with van der Waals surface area (Å²) in [6.45, 7) is 10.8. The van der Waals surface area contributed by atoms with E-state index in [-0.39, 0.29) is 53.3 Å². The van der Waals surface area contributed by atoms with Gasteiger partial charge in [-0.2, -0.15) is 0 Å². The van der Waals surface area contributed by atoms with Gasteiger partial charge in [0, 0.05) is 12.3 Å². The van der Waals surface area contributed by atoms with Crippen LogP contribution in [0.3, 0.4) is 0 Å². The molecule has 5 aliphatic heterocycles. The highest BCUT2D eigenvalue weighted by Crippen LogP contribution is 2.71. The van der Waals surface area contributed by atoms with Gasteiger partial charge in [0.1, 0.15) is 85.5 Å². The van der Waals surface area contributed by atoms with Gasteiger partial charge < -0.3 is 109 Å². The van der Waals surface area contributed by atoms with E-state index in [0.29, 0.717) is 43.4 Å². The minimum absolute atomic E-state index is 0.00150. The zero-order valence-electron chi connectivity index (χ0n) is 42.9. The SMILES string of the molecule is C[C@H](CC[C@@]1(O)O[C@H]2C[C@H]3[C@@H]4CC[C@H]5C[C@@H](O[C@@H]6O[C@H](CO)[C@H](O[C@@H]7O[C@@H](C)[C@H](O)[C@@H](O)[C@H]7O)[C@H](O)[C@H]6O[C@@H]6O[C@@H](C)[C@H](O)[C@@H](O)[C@H]6O)CC[C@]5(C)[C@H]4CC[C@]3(C)[C@H]2[C@@H]1C)CO[C@@H]1O[C@H](CO)[C@H](O)[C@H](O)[C@H]1O. The Labute approximate surface area is 426 Å². The van der Waals surface area contributed by atoms with Gasteiger partial charge >= 0.3 is 0 Å². The molecule has 0 radical (unpaired) electrons. The second-order valence-electron chi connectivity index (χ2n) is 24.2. The molecule has 32 atom stereocenters. The van der Waals surface area contributed by atoms with E-state index >= 15 is 0 Å². The third-order valence-corrected chi connectivity index (χ3v) is 20.0. The number of aliphatic hydroxyl groups excluding tert-OH is 12. The van der Waals surface area contributed by atoms with E-state index in [2.05, 4.69) is 20.8 Å². The van der Waals surface area contributed by atoms with Crippen molar-refractivity contribution in [1.82, 2.24) is 0 Å². The minimum Gasteiger partial charge on any atom is -0.394 e. The standard InChI is InChI=1S/C51H86O22/c1-20(19-65-45-39(60)38(59)35(56)30(17-52)69-45)9-14-51(64)21(2)32-29(73-51)16-28-26-8-7-24-15-25(10-12-49(24,5)27(26)11-13-50(28,32)6)68-48-44(72-47-41(62)37(58)34(55)23(4)67-47)42(63)43(31(18-53)70-48)71-46-40(61)36(57)33(54)22(3)66-46/h20-48,52-64H,7-19H2,1-6H3/t20-,21+,22+,23+,24+,25+,26-,27+,28+,29+,30-,31-,32+,33+,34+,35+,36-,37-,38+,39-,40-,41-,42+,43+,44-,45-,46+,47+,48-,49+,50+,51-/m1/s1. The van der Waals surface area contributed by atoms with Gasteiger partial charge in [-0.1, -0.05) is 27.7 Å². The Hall–Kier alpha value is -0.880. The summed E-state index contributed by atoms with van der Waals surface area (Å²) in [5, 5.41) is 139. The molecular weight excluding hydrogens is 965 g/mol. The van der Waals surface area contributed by atoms with E-state index in [1.165, 1.54) is 13.8 Å². The lowest BCUT2D eigenvalue weighted by Gasteiger charge is -2.61. The van der Waals surface area contributed by atoms with E-state index in [1.807, 2.05) is 6.92 Å². The second kappa shape index (κ2) is 22.0. The largest absolute Gasteiger partial charge is 0.394 e. The molecule has 0 aromatic heterocycles. The third-order valence-electron chi connectivity index (χ3n) is 20.0. The molecule has 73 heavy (non-hydrogen) atoms. The molecule has 22 nitrogen and oxygen atoms in total. The summed E-state index contributed by atoms with van der Waals surface area (Å²) < 4.78 is 54.7. The van der Waals surface area contributed by atoms with Crippen molar-refractivity contribution in [2.75, 3.05) is 19.8 Å². The molecule has 0 amide bonds. The van der Waals surface area contributed by atoms with Crippen molar-refractivity contribution in [2.24, 2.45) is 52.3 Å². The second-order valence-corrected chi connectivity index (χ2v) is 24.2. The first-order valence-corrected chi connectivity index (χ1v) is 27.1. The van der Waals surface area contributed by atoms with Crippen molar-refractivity contribution in [1.29, 1.82) is 0 Å². The van der Waals surface area contributed by atoms with Crippen LogP contribution in [0.2, 0.25) is 0 Å². The zero-order chi connectivity index (χ0) is 52.8. The van der Waals surface area contributed by atoms with E-state index in [1.54, 1.807) is 0 Å². The number of rotatable bonds is 14. The average molecular weight is 1050 g/mol. The van der Waals surface area contributed by atoms with Crippen molar-refractivity contribution < 1.29 is 109 Å². The van der Waals surface area contributed by atoms with Gasteiger partial charge in [-0.3, -0.25) is 0 Å². The first kappa shape index (κ1) is 56.8. The number of hydrogen-bond donors (Lipinski definition) is 13. The lowest BCUT2D eigenvalue weighted by Crippen LogP contribution is -2.66. The highest BCUT2D eigenvalue weighted by molar-refractivity contribution is 5.15. The van der Waals surface area contributed by atoms with Gasteiger partial charge in [0.25, 0.3) is 0 Å². The van der Waals surface area contributed by atoms with Gasteiger partial charge in [0.15, 0.2) is 30.9 Å². The van der Waals surface area contributed by atoms with E-state index in [4.69, 9.17) is 42.6 Å². The van der Waals surface area contributed by atoms with Crippen LogP contribution in [0.4, 0.5) is 0 Å². The molecule has 4 aliphatic carbocycles. The zero-order valence-corrected chi connectivity index (χ0v) is 42.9. The maximum Gasteiger partial charge on any atom is 0.187 e. The normalized spacial score (nSPS) is 56.6. The maximum absolute atomic E-state index is 12.1. The molecule has 5 saturated heterocycles. The highest BCUT2D eigenvalue weighted by Gasteiger charge is 2.68. The van der Waals surface area contributed by atoms with Crippen LogP contribution >= 0.6 is 0 Å². The molecule has 9 rings (SSSR count). The number of hydrogen-bond acceptors (Lipinski definition) is 22. The maximum atomic E-state index is 12.1. The van der Waals surface area contributed by atoms with E-state index in [0.717, 1.165) is 38.5 Å². The Morgan fingerprint density at radius 2 is 1.14 bits per heavy atom. The Balaban J connectivity index is 0.830. The van der Waals surface area contributed by atoms with Crippen molar-refractivity contribution in [3.8, 4) is 0 Å². The number of fused-ring (bicyclic) bond motifs is 7. The van der Waals surface area contributed by atoms with Crippen molar-refractivity contribution in [3.63, 3.8) is 0 Å². The van der Waals surface area contributed by atoms with Crippen LogP contribution in [0.25, 0.3) is 0 Å². The molecule has 0 aromatic rings. The van der Waals surface area contributed by atoms with Crippen LogP contribution in [0.1, 0.15) is 106 Å². The van der Waals surface area contributed by atoms with E-state index < -0.39 is 142 Å². The van der Waals surface area contributed by atoms with Gasteiger partial charge in [0.2, 0.25) is 0 Å². The topological polar surface area (TPSA) is 346 Å². The van der Waals surface area contributed by atoms with Crippen LogP contribution in [0.5, 0.6) is 0 Å². The molecular formula is C51H86O22. The molecule has 13 N–H and O–H groups in total. The average Bonchev–Trinajstić information content (AvgIpc) is 3.80. The van der Waals surface area contributed by atoms with Gasteiger partial charge in [-0.25, -0.2) is 0 Å². The fraction of sp³-hybridized carbons (Fsp3) is 1.00. The molecule has 422 valence electrons.